The summed E-state index contributed by atoms with van der Waals surface area (Å²) in [5.41, 5.74) is -0.897. The molecule has 0 bridgehead atoms. The number of halogens is 4. The summed E-state index contributed by atoms with van der Waals surface area (Å²) >= 11 is 0. The molecule has 3 aromatic rings. The fourth-order valence-electron chi connectivity index (χ4n) is 2.43. The molecule has 0 atom stereocenters. The fraction of sp³-hybridized carbons (Fsp3) is 0.0500. The highest BCUT2D eigenvalue weighted by Gasteiger charge is 2.21. The quantitative estimate of drug-likeness (QED) is 0.266. The highest BCUT2D eigenvalue weighted by atomic mass is 19.2. The summed E-state index contributed by atoms with van der Waals surface area (Å²) in [5.74, 6) is -5.87. The van der Waals surface area contributed by atoms with E-state index < -0.39 is 34.8 Å². The van der Waals surface area contributed by atoms with Crippen molar-refractivity contribution in [2.24, 2.45) is 0 Å². The SMILES string of the molecule is C=CCOc1cc(F)c(C(=O)Oc2ccc3cc(F)c(F)cc3c2)c(F)c1. The molecule has 0 aromatic heterocycles. The molecule has 3 nitrogen and oxygen atoms in total. The van der Waals surface area contributed by atoms with E-state index in [0.29, 0.717) is 5.39 Å². The van der Waals surface area contributed by atoms with Gasteiger partial charge in [0.2, 0.25) is 0 Å². The van der Waals surface area contributed by atoms with Gasteiger partial charge < -0.3 is 9.47 Å². The van der Waals surface area contributed by atoms with E-state index in [1.807, 2.05) is 0 Å². The lowest BCUT2D eigenvalue weighted by Gasteiger charge is -2.09. The molecular weight excluding hydrogens is 364 g/mol. The Labute approximate surface area is 151 Å². The topological polar surface area (TPSA) is 35.5 Å². The summed E-state index contributed by atoms with van der Waals surface area (Å²) in [7, 11) is 0. The Morgan fingerprint density at radius 2 is 1.48 bits per heavy atom. The molecule has 0 unspecified atom stereocenters. The molecule has 0 radical (unpaired) electrons. The molecule has 138 valence electrons. The Bertz CT molecular complexity index is 1020. The van der Waals surface area contributed by atoms with Gasteiger partial charge in [0.15, 0.2) is 11.6 Å². The van der Waals surface area contributed by atoms with Gasteiger partial charge >= 0.3 is 5.97 Å². The van der Waals surface area contributed by atoms with Crippen molar-refractivity contribution < 1.29 is 31.8 Å². The Morgan fingerprint density at radius 3 is 2.11 bits per heavy atom. The van der Waals surface area contributed by atoms with Crippen molar-refractivity contribution in [3.63, 3.8) is 0 Å². The van der Waals surface area contributed by atoms with Crippen molar-refractivity contribution >= 4 is 16.7 Å². The van der Waals surface area contributed by atoms with Crippen LogP contribution in [0, 0.1) is 23.3 Å². The minimum absolute atomic E-state index is 0.0386. The van der Waals surface area contributed by atoms with E-state index >= 15 is 0 Å². The zero-order chi connectivity index (χ0) is 19.6. The summed E-state index contributed by atoms with van der Waals surface area (Å²) in [6.07, 6.45) is 1.40. The molecule has 0 aliphatic heterocycles. The normalized spacial score (nSPS) is 10.7. The van der Waals surface area contributed by atoms with Gasteiger partial charge in [0.05, 0.1) is 0 Å². The summed E-state index contributed by atoms with van der Waals surface area (Å²) in [6, 6.07) is 7.55. The second-order valence-electron chi connectivity index (χ2n) is 5.53. The van der Waals surface area contributed by atoms with Gasteiger partial charge in [0.1, 0.15) is 35.3 Å². The summed E-state index contributed by atoms with van der Waals surface area (Å²) in [6.45, 7) is 3.45. The third-order valence-electron chi connectivity index (χ3n) is 3.65. The molecule has 0 saturated heterocycles. The Hall–Kier alpha value is -3.35. The molecule has 0 heterocycles. The molecule has 0 N–H and O–H groups in total. The van der Waals surface area contributed by atoms with Crippen LogP contribution in [0.15, 0.2) is 55.1 Å². The molecule has 0 fully saturated rings. The second-order valence-corrected chi connectivity index (χ2v) is 5.53. The first-order valence-corrected chi connectivity index (χ1v) is 7.73. The molecule has 3 rings (SSSR count). The van der Waals surface area contributed by atoms with E-state index in [2.05, 4.69) is 6.58 Å². The second kappa shape index (κ2) is 7.49. The van der Waals surface area contributed by atoms with Crippen molar-refractivity contribution in [3.8, 4) is 11.5 Å². The van der Waals surface area contributed by atoms with Gasteiger partial charge in [-0.25, -0.2) is 22.4 Å². The van der Waals surface area contributed by atoms with Crippen LogP contribution in [-0.4, -0.2) is 12.6 Å². The van der Waals surface area contributed by atoms with Crippen molar-refractivity contribution in [2.75, 3.05) is 6.61 Å². The fourth-order valence-corrected chi connectivity index (χ4v) is 2.43. The monoisotopic (exact) mass is 376 g/mol. The van der Waals surface area contributed by atoms with Crippen LogP contribution in [0.5, 0.6) is 11.5 Å². The van der Waals surface area contributed by atoms with Gasteiger partial charge in [-0.15, -0.1) is 0 Å². The minimum Gasteiger partial charge on any atom is -0.489 e. The van der Waals surface area contributed by atoms with E-state index in [-0.39, 0.29) is 23.5 Å². The average Bonchev–Trinajstić information content (AvgIpc) is 2.60. The maximum atomic E-state index is 14.1. The number of benzene rings is 3. The average molecular weight is 376 g/mol. The molecule has 0 aliphatic rings. The summed E-state index contributed by atoms with van der Waals surface area (Å²) < 4.78 is 64.8. The zero-order valence-electron chi connectivity index (χ0n) is 13.8. The molecule has 0 saturated carbocycles. The molecule has 3 aromatic carbocycles. The molecular formula is C20H12F4O3. The van der Waals surface area contributed by atoms with Crippen LogP contribution in [0.25, 0.3) is 10.8 Å². The zero-order valence-corrected chi connectivity index (χ0v) is 13.8. The molecule has 0 aliphatic carbocycles. The minimum atomic E-state index is -1.28. The van der Waals surface area contributed by atoms with Gasteiger partial charge in [-0.1, -0.05) is 18.7 Å². The van der Waals surface area contributed by atoms with Crippen LogP contribution in [0.3, 0.4) is 0 Å². The van der Waals surface area contributed by atoms with Crippen LogP contribution in [0.2, 0.25) is 0 Å². The first kappa shape index (κ1) is 18.4. The van der Waals surface area contributed by atoms with Crippen LogP contribution in [0.4, 0.5) is 17.6 Å². The molecule has 7 heteroatoms. The van der Waals surface area contributed by atoms with E-state index in [1.54, 1.807) is 0 Å². The van der Waals surface area contributed by atoms with Gasteiger partial charge in [-0.3, -0.25) is 0 Å². The third kappa shape index (κ3) is 3.92. The number of rotatable bonds is 5. The predicted molar refractivity (Wildman–Crippen MR) is 90.9 cm³/mol. The maximum absolute atomic E-state index is 14.1. The molecule has 0 spiro atoms. The Morgan fingerprint density at radius 1 is 0.852 bits per heavy atom. The lowest BCUT2D eigenvalue weighted by Crippen LogP contribution is -2.13. The summed E-state index contributed by atoms with van der Waals surface area (Å²) in [5, 5.41) is 0.628. The smallest absolute Gasteiger partial charge is 0.349 e. The number of carbonyl (C=O) groups is 1. The van der Waals surface area contributed by atoms with Gasteiger partial charge in [0, 0.05) is 12.1 Å². The number of ether oxygens (including phenoxy) is 2. The Balaban J connectivity index is 1.88. The maximum Gasteiger partial charge on any atom is 0.349 e. The van der Waals surface area contributed by atoms with Crippen LogP contribution < -0.4 is 9.47 Å². The molecule has 0 amide bonds. The number of esters is 1. The first-order chi connectivity index (χ1) is 12.9. The van der Waals surface area contributed by atoms with Crippen molar-refractivity contribution in [1.82, 2.24) is 0 Å². The standard InChI is InChI=1S/C20H12F4O3/c1-2-5-26-14-9-17(23)19(18(24)10-14)20(25)27-13-4-3-11-7-15(21)16(22)8-12(11)6-13/h2-4,6-10H,1,5H2. The van der Waals surface area contributed by atoms with Crippen molar-refractivity contribution in [3.05, 3.63) is 84.0 Å². The van der Waals surface area contributed by atoms with Crippen LogP contribution in [-0.2, 0) is 0 Å². The Kier molecular flexibility index (Phi) is 5.12. The lowest BCUT2D eigenvalue weighted by atomic mass is 10.1. The van der Waals surface area contributed by atoms with Crippen molar-refractivity contribution in [2.45, 2.75) is 0 Å². The number of fused-ring (bicyclic) bond motifs is 1. The van der Waals surface area contributed by atoms with Crippen LogP contribution >= 0.6 is 0 Å². The number of hydrogen-bond donors (Lipinski definition) is 0. The van der Waals surface area contributed by atoms with Crippen LogP contribution in [0.1, 0.15) is 10.4 Å². The first-order valence-electron chi connectivity index (χ1n) is 7.73. The van der Waals surface area contributed by atoms with Gasteiger partial charge in [-0.2, -0.15) is 0 Å². The third-order valence-corrected chi connectivity index (χ3v) is 3.65. The van der Waals surface area contributed by atoms with E-state index in [4.69, 9.17) is 9.47 Å². The lowest BCUT2D eigenvalue weighted by molar-refractivity contribution is 0.0724. The van der Waals surface area contributed by atoms with Gasteiger partial charge in [-0.05, 0) is 35.0 Å². The highest BCUT2D eigenvalue weighted by molar-refractivity contribution is 5.93. The van der Waals surface area contributed by atoms with Crippen molar-refractivity contribution in [1.29, 1.82) is 0 Å². The summed E-state index contributed by atoms with van der Waals surface area (Å²) in [4.78, 5) is 12.1. The number of hydrogen-bond acceptors (Lipinski definition) is 3. The van der Waals surface area contributed by atoms with Gasteiger partial charge in [0.25, 0.3) is 0 Å². The molecule has 27 heavy (non-hydrogen) atoms. The highest BCUT2D eigenvalue weighted by Crippen LogP contribution is 2.26. The predicted octanol–water partition coefficient (Wildman–Crippen LogP) is 5.18. The van der Waals surface area contributed by atoms with E-state index in [1.165, 1.54) is 24.3 Å². The number of carbonyl (C=O) groups excluding carboxylic acids is 1. The van der Waals surface area contributed by atoms with E-state index in [0.717, 1.165) is 24.3 Å². The largest absolute Gasteiger partial charge is 0.489 e. The van der Waals surface area contributed by atoms with E-state index in [9.17, 15) is 22.4 Å².